The number of benzene rings is 2. The predicted molar refractivity (Wildman–Crippen MR) is 114 cm³/mol. The normalized spacial score (nSPS) is 17.1. The molecule has 4 rings (SSSR count). The van der Waals surface area contributed by atoms with Gasteiger partial charge in [0.15, 0.2) is 0 Å². The quantitative estimate of drug-likeness (QED) is 0.766. The molecule has 29 heavy (non-hydrogen) atoms. The van der Waals surface area contributed by atoms with Crippen molar-refractivity contribution in [3.8, 4) is 0 Å². The summed E-state index contributed by atoms with van der Waals surface area (Å²) in [6.07, 6.45) is 4.01. The van der Waals surface area contributed by atoms with Crippen molar-refractivity contribution in [1.29, 1.82) is 0 Å². The van der Waals surface area contributed by atoms with Gasteiger partial charge in [-0.25, -0.2) is 0 Å². The van der Waals surface area contributed by atoms with Gasteiger partial charge in [-0.1, -0.05) is 35.9 Å². The molecule has 2 fully saturated rings. The Bertz CT molecular complexity index is 891. The third kappa shape index (κ3) is 4.80. The average molecular weight is 413 g/mol. The van der Waals surface area contributed by atoms with Crippen molar-refractivity contribution >= 4 is 29.1 Å². The minimum absolute atomic E-state index is 0.0558. The Morgan fingerprint density at radius 1 is 1.03 bits per heavy atom. The maximum Gasteiger partial charge on any atom is 0.251 e. The van der Waals surface area contributed by atoms with E-state index in [1.807, 2.05) is 0 Å². The van der Waals surface area contributed by atoms with Gasteiger partial charge in [-0.2, -0.15) is 0 Å². The van der Waals surface area contributed by atoms with Gasteiger partial charge in [0.25, 0.3) is 5.91 Å². The van der Waals surface area contributed by atoms with Crippen molar-refractivity contribution in [2.75, 3.05) is 24.5 Å². The number of likely N-dealkylation sites (tertiary alicyclic amines) is 1. The van der Waals surface area contributed by atoms with Crippen LogP contribution in [0.1, 0.15) is 47.2 Å². The lowest BCUT2D eigenvalue weighted by molar-refractivity contribution is -0.901. The van der Waals surface area contributed by atoms with Crippen LogP contribution in [0.4, 0.5) is 5.69 Å². The smallest absolute Gasteiger partial charge is 0.251 e. The highest BCUT2D eigenvalue weighted by atomic mass is 35.5. The lowest BCUT2D eigenvalue weighted by atomic mass is 10.1. The first-order chi connectivity index (χ1) is 14.1. The number of halogens is 1. The van der Waals surface area contributed by atoms with Crippen LogP contribution < -0.4 is 15.1 Å². The number of rotatable bonds is 6. The number of hydrogen-bond acceptors (Lipinski definition) is 2. The Morgan fingerprint density at radius 3 is 2.45 bits per heavy atom. The van der Waals surface area contributed by atoms with Crippen LogP contribution in [0.25, 0.3) is 0 Å². The van der Waals surface area contributed by atoms with E-state index in [1.165, 1.54) is 31.5 Å². The molecule has 0 unspecified atom stereocenters. The van der Waals surface area contributed by atoms with Crippen LogP contribution in [0.3, 0.4) is 0 Å². The molecule has 2 amide bonds. The Hall–Kier alpha value is -2.37. The summed E-state index contributed by atoms with van der Waals surface area (Å²) in [7, 11) is 0. The predicted octanol–water partition coefficient (Wildman–Crippen LogP) is 2.58. The molecule has 2 aliphatic rings. The Morgan fingerprint density at radius 2 is 1.76 bits per heavy atom. The molecule has 2 aliphatic heterocycles. The molecule has 6 heteroatoms. The highest BCUT2D eigenvalue weighted by Gasteiger charge is 2.24. The zero-order valence-electron chi connectivity index (χ0n) is 16.5. The molecule has 5 nitrogen and oxygen atoms in total. The van der Waals surface area contributed by atoms with Gasteiger partial charge in [-0.05, 0) is 30.2 Å². The molecule has 0 bridgehead atoms. The average Bonchev–Trinajstić information content (AvgIpc) is 3.39. The number of carbonyl (C=O) groups is 2. The summed E-state index contributed by atoms with van der Waals surface area (Å²) < 4.78 is 0. The van der Waals surface area contributed by atoms with E-state index in [9.17, 15) is 9.59 Å². The molecule has 0 aromatic heterocycles. The van der Waals surface area contributed by atoms with Crippen molar-refractivity contribution in [3.05, 3.63) is 64.2 Å². The second-order valence-corrected chi connectivity index (χ2v) is 8.36. The van der Waals surface area contributed by atoms with E-state index in [2.05, 4.69) is 29.6 Å². The first-order valence-electron chi connectivity index (χ1n) is 10.4. The fourth-order valence-electron chi connectivity index (χ4n) is 4.16. The van der Waals surface area contributed by atoms with Crippen molar-refractivity contribution < 1.29 is 14.5 Å². The number of carbonyl (C=O) groups excluding carboxylic acids is 2. The van der Waals surface area contributed by atoms with Gasteiger partial charge < -0.3 is 15.1 Å². The molecule has 2 N–H and O–H groups in total. The molecule has 0 saturated carbocycles. The van der Waals surface area contributed by atoms with E-state index in [-0.39, 0.29) is 11.8 Å². The standard InChI is InChI=1S/C23H26ClN3O2/c24-20-10-9-19(14-21(20)27-13-3-4-22(27)28)23(29)25-15-17-5-7-18(8-6-17)16-26-11-1-2-12-26/h5-10,14H,1-4,11-13,15-16H2,(H,25,29)/p+1. The summed E-state index contributed by atoms with van der Waals surface area (Å²) in [5.74, 6) is -0.111. The molecule has 2 saturated heterocycles. The van der Waals surface area contributed by atoms with Gasteiger partial charge in [0.1, 0.15) is 6.54 Å². The summed E-state index contributed by atoms with van der Waals surface area (Å²) in [5.41, 5.74) is 3.55. The number of anilines is 1. The molecule has 2 heterocycles. The number of quaternary nitrogens is 1. The van der Waals surface area contributed by atoms with Gasteiger partial charge in [0.2, 0.25) is 5.91 Å². The molecular formula is C23H27ClN3O2+. The minimum Gasteiger partial charge on any atom is -0.348 e. The third-order valence-electron chi connectivity index (χ3n) is 5.81. The van der Waals surface area contributed by atoms with Crippen LogP contribution in [0.2, 0.25) is 5.02 Å². The molecule has 0 aliphatic carbocycles. The highest BCUT2D eigenvalue weighted by molar-refractivity contribution is 6.34. The minimum atomic E-state index is -0.167. The molecule has 2 aromatic carbocycles. The molecule has 2 aromatic rings. The molecule has 0 radical (unpaired) electrons. The summed E-state index contributed by atoms with van der Waals surface area (Å²) in [6.45, 7) is 4.73. The fraction of sp³-hybridized carbons (Fsp3) is 0.391. The van der Waals surface area contributed by atoms with Crippen LogP contribution in [-0.2, 0) is 17.9 Å². The van der Waals surface area contributed by atoms with Crippen LogP contribution >= 0.6 is 11.6 Å². The van der Waals surface area contributed by atoms with Crippen molar-refractivity contribution in [2.24, 2.45) is 0 Å². The molecule has 0 atom stereocenters. The summed E-state index contributed by atoms with van der Waals surface area (Å²) >= 11 is 6.27. The topological polar surface area (TPSA) is 53.9 Å². The lowest BCUT2D eigenvalue weighted by Crippen LogP contribution is -3.08. The Kier molecular flexibility index (Phi) is 6.16. The van der Waals surface area contributed by atoms with Crippen LogP contribution in [0.15, 0.2) is 42.5 Å². The zero-order chi connectivity index (χ0) is 20.2. The molecular weight excluding hydrogens is 386 g/mol. The number of amides is 2. The second-order valence-electron chi connectivity index (χ2n) is 7.95. The summed E-state index contributed by atoms with van der Waals surface area (Å²) in [4.78, 5) is 28.0. The van der Waals surface area contributed by atoms with Crippen LogP contribution in [0, 0.1) is 0 Å². The monoisotopic (exact) mass is 412 g/mol. The molecule has 0 spiro atoms. The van der Waals surface area contributed by atoms with Crippen LogP contribution in [-0.4, -0.2) is 31.4 Å². The SMILES string of the molecule is O=C(NCc1ccc(C[NH+]2CCCC2)cc1)c1ccc(Cl)c(N2CCCC2=O)c1. The largest absolute Gasteiger partial charge is 0.348 e. The highest BCUT2D eigenvalue weighted by Crippen LogP contribution is 2.30. The Balaban J connectivity index is 1.36. The number of hydrogen-bond donors (Lipinski definition) is 2. The summed E-state index contributed by atoms with van der Waals surface area (Å²) in [6, 6.07) is 13.6. The van der Waals surface area contributed by atoms with E-state index >= 15 is 0 Å². The van der Waals surface area contributed by atoms with E-state index in [0.717, 1.165) is 18.5 Å². The zero-order valence-corrected chi connectivity index (χ0v) is 17.3. The van der Waals surface area contributed by atoms with E-state index in [4.69, 9.17) is 11.6 Å². The number of nitrogens with zero attached hydrogens (tertiary/aromatic N) is 1. The van der Waals surface area contributed by atoms with Gasteiger partial charge in [-0.15, -0.1) is 0 Å². The number of nitrogens with one attached hydrogen (secondary N) is 2. The van der Waals surface area contributed by atoms with Crippen molar-refractivity contribution in [2.45, 2.75) is 38.8 Å². The maximum atomic E-state index is 12.6. The van der Waals surface area contributed by atoms with Gasteiger partial charge in [0.05, 0.1) is 23.8 Å². The maximum absolute atomic E-state index is 12.6. The third-order valence-corrected chi connectivity index (χ3v) is 6.13. The van der Waals surface area contributed by atoms with E-state index < -0.39 is 0 Å². The van der Waals surface area contributed by atoms with Gasteiger partial charge >= 0.3 is 0 Å². The molecule has 152 valence electrons. The summed E-state index contributed by atoms with van der Waals surface area (Å²) in [5, 5.41) is 3.46. The van der Waals surface area contributed by atoms with E-state index in [0.29, 0.717) is 35.8 Å². The fourth-order valence-corrected chi connectivity index (χ4v) is 4.38. The first-order valence-corrected chi connectivity index (χ1v) is 10.8. The lowest BCUT2D eigenvalue weighted by Gasteiger charge is -2.18. The second kappa shape index (κ2) is 8.97. The van der Waals surface area contributed by atoms with E-state index in [1.54, 1.807) is 28.0 Å². The van der Waals surface area contributed by atoms with Crippen molar-refractivity contribution in [1.82, 2.24) is 5.32 Å². The van der Waals surface area contributed by atoms with Crippen molar-refractivity contribution in [3.63, 3.8) is 0 Å². The Labute approximate surface area is 176 Å². The van der Waals surface area contributed by atoms with Gasteiger partial charge in [-0.3, -0.25) is 9.59 Å². The first kappa shape index (κ1) is 19.9. The van der Waals surface area contributed by atoms with Gasteiger partial charge in [0, 0.05) is 43.5 Å². The van der Waals surface area contributed by atoms with Crippen LogP contribution in [0.5, 0.6) is 0 Å².